The van der Waals surface area contributed by atoms with Crippen molar-refractivity contribution >= 4 is 29.5 Å². The van der Waals surface area contributed by atoms with Crippen LogP contribution < -0.4 is 4.74 Å². The minimum atomic E-state index is -1.05. The van der Waals surface area contributed by atoms with E-state index in [1.54, 1.807) is 0 Å². The molecule has 0 spiro atoms. The fourth-order valence-corrected chi connectivity index (χ4v) is 5.32. The largest absolute Gasteiger partial charge is 0.507 e. The third-order valence-corrected chi connectivity index (χ3v) is 7.83. The van der Waals surface area contributed by atoms with Crippen molar-refractivity contribution in [3.8, 4) is 11.5 Å². The van der Waals surface area contributed by atoms with E-state index < -0.39 is 11.9 Å². The molecule has 2 aromatic rings. The molecule has 0 unspecified atom stereocenters. The molecule has 6 nitrogen and oxygen atoms in total. The quantitative estimate of drug-likeness (QED) is 0.139. The number of aromatic hydroxyl groups is 1. The van der Waals surface area contributed by atoms with Gasteiger partial charge in [-0.25, -0.2) is 0 Å². The van der Waals surface area contributed by atoms with Crippen molar-refractivity contribution < 1.29 is 29.3 Å². The van der Waals surface area contributed by atoms with Crippen LogP contribution >= 0.6 is 11.8 Å². The summed E-state index contributed by atoms with van der Waals surface area (Å²) in [6.45, 7) is 24.3. The summed E-state index contributed by atoms with van der Waals surface area (Å²) in [4.78, 5) is 38.0. The van der Waals surface area contributed by atoms with Gasteiger partial charge < -0.3 is 14.9 Å². The van der Waals surface area contributed by atoms with E-state index in [2.05, 4.69) is 0 Å². The normalized spacial score (nSPS) is 12.8. The number of ketones is 1. The first-order chi connectivity index (χ1) is 18.4. The van der Waals surface area contributed by atoms with Crippen LogP contribution in [0.4, 0.5) is 0 Å². The van der Waals surface area contributed by atoms with Crippen LogP contribution in [0.3, 0.4) is 0 Å². The van der Waals surface area contributed by atoms with Gasteiger partial charge in [0.15, 0.2) is 5.78 Å². The average Bonchev–Trinajstić information content (AvgIpc) is 2.78. The number of aliphatic carboxylic acids is 1. The lowest BCUT2D eigenvalue weighted by Gasteiger charge is -2.30. The van der Waals surface area contributed by atoms with Crippen LogP contribution in [0.15, 0.2) is 29.2 Å². The van der Waals surface area contributed by atoms with Crippen molar-refractivity contribution in [1.29, 1.82) is 0 Å². The summed E-state index contributed by atoms with van der Waals surface area (Å²) in [5, 5.41) is 20.0. The maximum atomic E-state index is 13.6. The first-order valence-corrected chi connectivity index (χ1v) is 15.1. The van der Waals surface area contributed by atoms with Gasteiger partial charge in [-0.15, -0.1) is 11.8 Å². The van der Waals surface area contributed by atoms with Gasteiger partial charge in [0, 0.05) is 32.7 Å². The third kappa shape index (κ3) is 9.09. The number of carboxylic acid groups (broad SMARTS) is 1. The molecule has 0 aliphatic carbocycles. The average molecular weight is 585 g/mol. The standard InChI is InChI=1S/C34H48O6S/c1-31(2,3)22-15-20(16-23(29(22)39)32(4,5)6)26(35)19-41-21-17-24(33(7,8)9)30(25(18-21)34(10,11)12)40-28(38)14-13-27(36)37/h15-18,39H,13-14,19H2,1-12H3,(H,36,37). The summed E-state index contributed by atoms with van der Waals surface area (Å²) in [5.74, 6) is -0.779. The Morgan fingerprint density at radius 1 is 0.683 bits per heavy atom. The molecular formula is C34H48O6S. The van der Waals surface area contributed by atoms with E-state index in [1.807, 2.05) is 107 Å². The second-order valence-electron chi connectivity index (χ2n) is 14.8. The van der Waals surface area contributed by atoms with Gasteiger partial charge in [0.05, 0.1) is 18.6 Å². The van der Waals surface area contributed by atoms with Crippen molar-refractivity contribution in [1.82, 2.24) is 0 Å². The molecule has 2 aromatic carbocycles. The van der Waals surface area contributed by atoms with Crippen LogP contribution in [0.5, 0.6) is 11.5 Å². The summed E-state index contributed by atoms with van der Waals surface area (Å²) in [7, 11) is 0. The minimum absolute atomic E-state index is 0.0372. The molecule has 0 heterocycles. The van der Waals surface area contributed by atoms with Crippen molar-refractivity contribution in [3.05, 3.63) is 52.1 Å². The second-order valence-corrected chi connectivity index (χ2v) is 15.9. The highest BCUT2D eigenvalue weighted by atomic mass is 32.2. The molecule has 0 aliphatic heterocycles. The number of carbonyl (C=O) groups is 3. The Kier molecular flexibility index (Phi) is 10.2. The number of phenolic OH excluding ortho intramolecular Hbond substituents is 1. The summed E-state index contributed by atoms with van der Waals surface area (Å²) >= 11 is 1.43. The predicted octanol–water partition coefficient (Wildman–Crippen LogP) is 8.33. The van der Waals surface area contributed by atoms with Gasteiger partial charge in [-0.2, -0.15) is 0 Å². The highest BCUT2D eigenvalue weighted by Gasteiger charge is 2.31. The van der Waals surface area contributed by atoms with Crippen LogP contribution in [-0.4, -0.2) is 33.7 Å². The number of carboxylic acids is 1. The SMILES string of the molecule is CC(C)(C)c1cc(C(=O)CSc2cc(C(C)(C)C)c(OC(=O)CCC(=O)O)c(C(C)(C)C)c2)cc(C(C)(C)C)c1O. The number of Topliss-reactive ketones (excluding diaryl/α,β-unsaturated/α-hetero) is 1. The molecule has 2 N–H and O–H groups in total. The van der Waals surface area contributed by atoms with Gasteiger partial charge in [0.1, 0.15) is 11.5 Å². The molecule has 0 bridgehead atoms. The van der Waals surface area contributed by atoms with Crippen molar-refractivity contribution in [2.45, 2.75) is 122 Å². The Labute approximate surface area is 250 Å². The van der Waals surface area contributed by atoms with Gasteiger partial charge >= 0.3 is 11.9 Å². The van der Waals surface area contributed by atoms with Crippen molar-refractivity contribution in [2.24, 2.45) is 0 Å². The summed E-state index contributed by atoms with van der Waals surface area (Å²) < 4.78 is 5.83. The molecule has 0 atom stereocenters. The van der Waals surface area contributed by atoms with Gasteiger partial charge in [-0.3, -0.25) is 14.4 Å². The monoisotopic (exact) mass is 584 g/mol. The lowest BCUT2D eigenvalue weighted by molar-refractivity contribution is -0.142. The number of benzene rings is 2. The third-order valence-electron chi connectivity index (χ3n) is 6.86. The first-order valence-electron chi connectivity index (χ1n) is 14.1. The van der Waals surface area contributed by atoms with E-state index in [4.69, 9.17) is 9.84 Å². The van der Waals surface area contributed by atoms with E-state index in [1.165, 1.54) is 11.8 Å². The van der Waals surface area contributed by atoms with E-state index in [-0.39, 0.29) is 51.8 Å². The van der Waals surface area contributed by atoms with Crippen molar-refractivity contribution in [2.75, 3.05) is 5.75 Å². The van der Waals surface area contributed by atoms with E-state index in [0.29, 0.717) is 11.3 Å². The molecule has 0 aromatic heterocycles. The zero-order valence-electron chi connectivity index (χ0n) is 26.9. The Morgan fingerprint density at radius 2 is 1.10 bits per heavy atom. The van der Waals surface area contributed by atoms with E-state index >= 15 is 0 Å². The van der Waals surface area contributed by atoms with Crippen LogP contribution in [-0.2, 0) is 31.2 Å². The number of rotatable bonds is 8. The predicted molar refractivity (Wildman–Crippen MR) is 167 cm³/mol. The molecule has 7 heteroatoms. The summed E-state index contributed by atoms with van der Waals surface area (Å²) in [5.41, 5.74) is 2.25. The number of phenols is 1. The number of ether oxygens (including phenoxy) is 1. The van der Waals surface area contributed by atoms with Crippen LogP contribution in [0, 0.1) is 0 Å². The molecule has 0 radical (unpaired) electrons. The molecule has 0 fully saturated rings. The number of carbonyl (C=O) groups excluding carboxylic acids is 2. The highest BCUT2D eigenvalue weighted by molar-refractivity contribution is 8.00. The van der Waals surface area contributed by atoms with Gasteiger partial charge in [-0.1, -0.05) is 83.1 Å². The van der Waals surface area contributed by atoms with Crippen LogP contribution in [0.1, 0.15) is 129 Å². The van der Waals surface area contributed by atoms with E-state index in [9.17, 15) is 19.5 Å². The molecular weight excluding hydrogens is 536 g/mol. The fourth-order valence-electron chi connectivity index (χ4n) is 4.45. The topological polar surface area (TPSA) is 101 Å². The van der Waals surface area contributed by atoms with Gasteiger partial charge in [-0.05, 0) is 45.9 Å². The number of esters is 1. The Bertz CT molecular complexity index is 1240. The fraction of sp³-hybridized carbons (Fsp3) is 0.559. The van der Waals surface area contributed by atoms with Crippen molar-refractivity contribution in [3.63, 3.8) is 0 Å². The molecule has 0 saturated heterocycles. The molecule has 2 rings (SSSR count). The van der Waals surface area contributed by atoms with Gasteiger partial charge in [0.25, 0.3) is 0 Å². The zero-order chi connectivity index (χ0) is 31.7. The molecule has 0 aliphatic rings. The lowest BCUT2D eigenvalue weighted by Crippen LogP contribution is -2.22. The molecule has 0 saturated carbocycles. The number of hydrogen-bond acceptors (Lipinski definition) is 6. The summed E-state index contributed by atoms with van der Waals surface area (Å²) in [6, 6.07) is 7.55. The second kappa shape index (κ2) is 12.2. The lowest BCUT2D eigenvalue weighted by atomic mass is 9.78. The highest BCUT2D eigenvalue weighted by Crippen LogP contribution is 2.44. The molecule has 0 amide bonds. The summed E-state index contributed by atoms with van der Waals surface area (Å²) in [6.07, 6.45) is -0.511. The van der Waals surface area contributed by atoms with E-state index in [0.717, 1.165) is 27.1 Å². The number of thioether (sulfide) groups is 1. The smallest absolute Gasteiger partial charge is 0.311 e. The van der Waals surface area contributed by atoms with Gasteiger partial charge in [0.2, 0.25) is 0 Å². The molecule has 226 valence electrons. The number of hydrogen-bond donors (Lipinski definition) is 2. The first kappa shape index (κ1) is 34.4. The maximum Gasteiger partial charge on any atom is 0.311 e. The van der Waals surface area contributed by atoms with Crippen LogP contribution in [0.2, 0.25) is 0 Å². The van der Waals surface area contributed by atoms with Crippen LogP contribution in [0.25, 0.3) is 0 Å². The minimum Gasteiger partial charge on any atom is -0.507 e. The maximum absolute atomic E-state index is 13.6. The zero-order valence-corrected chi connectivity index (χ0v) is 27.7. The Hall–Kier alpha value is -2.80. The Balaban J connectivity index is 2.54. The Morgan fingerprint density at radius 3 is 1.46 bits per heavy atom. The molecule has 41 heavy (non-hydrogen) atoms.